The molecule has 5 nitrogen and oxygen atoms in total. The molecule has 0 unspecified atom stereocenters. The average Bonchev–Trinajstić information content (AvgIpc) is 2.67. The summed E-state index contributed by atoms with van der Waals surface area (Å²) >= 11 is 0. The summed E-state index contributed by atoms with van der Waals surface area (Å²) in [5.41, 5.74) is 3.08. The Labute approximate surface area is 106 Å². The molecule has 1 saturated heterocycles. The molecule has 17 heavy (non-hydrogen) atoms. The number of carbonyl (C=O) groups is 1. The Bertz CT molecular complexity index is 223. The Hall–Kier alpha value is -0.433. The van der Waals surface area contributed by atoms with E-state index in [4.69, 9.17) is 9.63 Å². The molecule has 1 aliphatic heterocycles. The SMILES string of the molecule is C[SiH](C)ONC(C)(C)C.O=C(O)[C@@H]1CCCN1. The quantitative estimate of drug-likeness (QED) is 0.525. The molecule has 0 aromatic heterocycles. The number of carboxylic acid groups (broad SMARTS) is 1. The first-order chi connectivity index (χ1) is 7.72. The van der Waals surface area contributed by atoms with E-state index in [9.17, 15) is 4.79 Å². The molecule has 1 rings (SSSR count). The highest BCUT2D eigenvalue weighted by Crippen LogP contribution is 2.03. The molecule has 1 atom stereocenters. The van der Waals surface area contributed by atoms with Gasteiger partial charge in [0.15, 0.2) is 9.04 Å². The minimum Gasteiger partial charge on any atom is -0.480 e. The van der Waals surface area contributed by atoms with Gasteiger partial charge in [-0.1, -0.05) is 0 Å². The third-order valence-corrected chi connectivity index (χ3v) is 2.55. The van der Waals surface area contributed by atoms with E-state index in [2.05, 4.69) is 44.7 Å². The molecule has 0 amide bonds. The van der Waals surface area contributed by atoms with Crippen LogP contribution in [0.15, 0.2) is 0 Å². The normalized spacial score (nSPS) is 20.0. The topological polar surface area (TPSA) is 70.6 Å². The van der Waals surface area contributed by atoms with Gasteiger partial charge < -0.3 is 15.0 Å². The molecule has 6 heteroatoms. The van der Waals surface area contributed by atoms with Gasteiger partial charge in [0, 0.05) is 5.54 Å². The summed E-state index contributed by atoms with van der Waals surface area (Å²) in [4.78, 5) is 10.1. The highest BCUT2D eigenvalue weighted by molar-refractivity contribution is 6.48. The fourth-order valence-electron chi connectivity index (χ4n) is 1.19. The third kappa shape index (κ3) is 10.4. The molecule has 0 saturated carbocycles. The fourth-order valence-corrected chi connectivity index (χ4v) is 1.78. The van der Waals surface area contributed by atoms with E-state index in [0.717, 1.165) is 19.4 Å². The monoisotopic (exact) mass is 262 g/mol. The predicted octanol–water partition coefficient (Wildman–Crippen LogP) is 1.11. The summed E-state index contributed by atoms with van der Waals surface area (Å²) in [6.45, 7) is 11.4. The number of aliphatic carboxylic acids is 1. The van der Waals surface area contributed by atoms with Crippen molar-refractivity contribution in [2.75, 3.05) is 6.54 Å². The zero-order chi connectivity index (χ0) is 13.5. The first-order valence-corrected chi connectivity index (χ1v) is 8.89. The van der Waals surface area contributed by atoms with E-state index in [0.29, 0.717) is 0 Å². The largest absolute Gasteiger partial charge is 0.480 e. The first kappa shape index (κ1) is 16.6. The van der Waals surface area contributed by atoms with Crippen molar-refractivity contribution in [1.29, 1.82) is 0 Å². The number of hydrogen-bond donors (Lipinski definition) is 3. The average molecular weight is 262 g/mol. The van der Waals surface area contributed by atoms with Crippen LogP contribution in [0.1, 0.15) is 33.6 Å². The van der Waals surface area contributed by atoms with Crippen molar-refractivity contribution in [2.45, 2.75) is 58.3 Å². The molecule has 0 aromatic rings. The molecular formula is C11H26N2O3Si. The maximum Gasteiger partial charge on any atom is 0.320 e. The Kier molecular flexibility index (Phi) is 7.61. The first-order valence-electron chi connectivity index (χ1n) is 6.11. The summed E-state index contributed by atoms with van der Waals surface area (Å²) in [6, 6.07) is -0.269. The van der Waals surface area contributed by atoms with Crippen LogP contribution in [0.3, 0.4) is 0 Å². The van der Waals surface area contributed by atoms with Gasteiger partial charge in [-0.2, -0.15) is 0 Å². The van der Waals surface area contributed by atoms with Crippen LogP contribution in [0.4, 0.5) is 0 Å². The van der Waals surface area contributed by atoms with E-state index >= 15 is 0 Å². The van der Waals surface area contributed by atoms with Crippen molar-refractivity contribution in [3.8, 4) is 0 Å². The number of nitrogens with one attached hydrogen (secondary N) is 2. The molecule has 1 heterocycles. The molecular weight excluding hydrogens is 236 g/mol. The highest BCUT2D eigenvalue weighted by atomic mass is 28.3. The minimum absolute atomic E-state index is 0.0945. The Morgan fingerprint density at radius 3 is 2.24 bits per heavy atom. The molecule has 0 radical (unpaired) electrons. The van der Waals surface area contributed by atoms with Gasteiger partial charge in [-0.25, -0.2) is 5.48 Å². The molecule has 3 N–H and O–H groups in total. The van der Waals surface area contributed by atoms with Crippen LogP contribution in [-0.4, -0.2) is 38.2 Å². The van der Waals surface area contributed by atoms with Gasteiger partial charge in [-0.05, 0) is 53.3 Å². The molecule has 0 bridgehead atoms. The molecule has 1 fully saturated rings. The maximum absolute atomic E-state index is 10.1. The van der Waals surface area contributed by atoms with Crippen molar-refractivity contribution in [3.63, 3.8) is 0 Å². The second-order valence-electron chi connectivity index (χ2n) is 5.51. The van der Waals surface area contributed by atoms with Crippen LogP contribution >= 0.6 is 0 Å². The minimum atomic E-state index is -0.881. The molecule has 0 spiro atoms. The van der Waals surface area contributed by atoms with Gasteiger partial charge in [0.05, 0.1) is 0 Å². The Morgan fingerprint density at radius 1 is 1.47 bits per heavy atom. The number of hydrogen-bond acceptors (Lipinski definition) is 4. The summed E-state index contributed by atoms with van der Waals surface area (Å²) in [6.07, 6.45) is 1.78. The van der Waals surface area contributed by atoms with E-state index in [-0.39, 0.29) is 11.6 Å². The van der Waals surface area contributed by atoms with Crippen LogP contribution < -0.4 is 10.8 Å². The van der Waals surface area contributed by atoms with Gasteiger partial charge in [0.2, 0.25) is 0 Å². The van der Waals surface area contributed by atoms with E-state index in [1.165, 1.54) is 0 Å². The van der Waals surface area contributed by atoms with Crippen molar-refractivity contribution >= 4 is 15.0 Å². The van der Waals surface area contributed by atoms with Crippen LogP contribution in [-0.2, 0) is 9.32 Å². The highest BCUT2D eigenvalue weighted by Gasteiger charge is 2.20. The molecule has 0 aliphatic carbocycles. The maximum atomic E-state index is 10.1. The second-order valence-corrected chi connectivity index (χ2v) is 7.84. The lowest BCUT2D eigenvalue weighted by atomic mass is 10.1. The van der Waals surface area contributed by atoms with Gasteiger partial charge >= 0.3 is 5.97 Å². The number of carboxylic acids is 1. The van der Waals surface area contributed by atoms with Crippen molar-refractivity contribution in [2.24, 2.45) is 0 Å². The summed E-state index contributed by atoms with van der Waals surface area (Å²) in [7, 11) is -0.881. The molecule has 102 valence electrons. The summed E-state index contributed by atoms with van der Waals surface area (Å²) < 4.78 is 5.30. The van der Waals surface area contributed by atoms with E-state index in [1.807, 2.05) is 0 Å². The van der Waals surface area contributed by atoms with Gasteiger partial charge in [0.1, 0.15) is 6.04 Å². The Morgan fingerprint density at radius 2 is 2.06 bits per heavy atom. The van der Waals surface area contributed by atoms with E-state index in [1.54, 1.807) is 0 Å². The van der Waals surface area contributed by atoms with Gasteiger partial charge in [0.25, 0.3) is 0 Å². The standard InChI is InChI=1S/C6H17NOSi.C5H9NO2/c1-6(2,3)7-8-9(4)5;7-5(8)4-2-1-3-6-4/h7,9H,1-5H3;4,6H,1-3H2,(H,7,8)/t;4-/m.0/s1. The zero-order valence-electron chi connectivity index (χ0n) is 11.5. The lowest BCUT2D eigenvalue weighted by Crippen LogP contribution is -2.38. The zero-order valence-corrected chi connectivity index (χ0v) is 12.7. The van der Waals surface area contributed by atoms with Crippen molar-refractivity contribution < 1.29 is 14.4 Å². The van der Waals surface area contributed by atoms with Crippen LogP contribution in [0.5, 0.6) is 0 Å². The van der Waals surface area contributed by atoms with Crippen LogP contribution in [0.25, 0.3) is 0 Å². The predicted molar refractivity (Wildman–Crippen MR) is 71.5 cm³/mol. The number of hydroxylamine groups is 1. The fraction of sp³-hybridized carbons (Fsp3) is 0.909. The third-order valence-electron chi connectivity index (χ3n) is 1.96. The smallest absolute Gasteiger partial charge is 0.320 e. The van der Waals surface area contributed by atoms with Gasteiger partial charge in [-0.15, -0.1) is 0 Å². The summed E-state index contributed by atoms with van der Waals surface area (Å²) in [5, 5.41) is 11.2. The van der Waals surface area contributed by atoms with Gasteiger partial charge in [-0.3, -0.25) is 4.79 Å². The lowest BCUT2D eigenvalue weighted by molar-refractivity contribution is -0.139. The summed E-state index contributed by atoms with van der Waals surface area (Å²) in [5.74, 6) is -0.720. The van der Waals surface area contributed by atoms with Crippen molar-refractivity contribution in [1.82, 2.24) is 10.8 Å². The molecule has 1 aliphatic rings. The number of rotatable bonds is 3. The lowest BCUT2D eigenvalue weighted by Gasteiger charge is -2.21. The molecule has 0 aromatic carbocycles. The van der Waals surface area contributed by atoms with E-state index < -0.39 is 15.0 Å². The van der Waals surface area contributed by atoms with Crippen LogP contribution in [0.2, 0.25) is 13.1 Å². The van der Waals surface area contributed by atoms with Crippen molar-refractivity contribution in [3.05, 3.63) is 0 Å². The van der Waals surface area contributed by atoms with Crippen LogP contribution in [0, 0.1) is 0 Å². The second kappa shape index (κ2) is 7.81. The Balaban J connectivity index is 0.000000302.